The van der Waals surface area contributed by atoms with Crippen LogP contribution in [0.3, 0.4) is 0 Å². The molecule has 4 heteroatoms. The van der Waals surface area contributed by atoms with Crippen LogP contribution >= 0.6 is 0 Å². The summed E-state index contributed by atoms with van der Waals surface area (Å²) >= 11 is 0. The van der Waals surface area contributed by atoms with Crippen molar-refractivity contribution in [3.63, 3.8) is 0 Å². The van der Waals surface area contributed by atoms with Crippen molar-refractivity contribution in [3.8, 4) is 11.4 Å². The van der Waals surface area contributed by atoms with Gasteiger partial charge in [0.1, 0.15) is 5.82 Å². The molecule has 1 atom stereocenters. The summed E-state index contributed by atoms with van der Waals surface area (Å²) < 4.78 is 0. The number of hydrogen-bond donors (Lipinski definition) is 2. The highest BCUT2D eigenvalue weighted by Crippen LogP contribution is 2.17. The van der Waals surface area contributed by atoms with Crippen LogP contribution in [0.5, 0.6) is 0 Å². The number of aromatic nitrogens is 3. The van der Waals surface area contributed by atoms with Crippen LogP contribution in [0.25, 0.3) is 11.4 Å². The Hall–Kier alpha value is -1.68. The van der Waals surface area contributed by atoms with Gasteiger partial charge in [-0.05, 0) is 32.0 Å². The summed E-state index contributed by atoms with van der Waals surface area (Å²) in [5.74, 6) is 0.896. The zero-order valence-electron chi connectivity index (χ0n) is 10.3. The van der Waals surface area contributed by atoms with Gasteiger partial charge >= 0.3 is 0 Å². The minimum Gasteiger partial charge on any atom is -0.341 e. The first-order valence-corrected chi connectivity index (χ1v) is 6.00. The van der Waals surface area contributed by atoms with E-state index in [0.29, 0.717) is 6.04 Å². The van der Waals surface area contributed by atoms with Crippen LogP contribution in [0.4, 0.5) is 0 Å². The van der Waals surface area contributed by atoms with Crippen molar-refractivity contribution in [2.45, 2.75) is 26.3 Å². The fourth-order valence-corrected chi connectivity index (χ4v) is 1.68. The van der Waals surface area contributed by atoms with E-state index in [1.165, 1.54) is 0 Å². The largest absolute Gasteiger partial charge is 0.341 e. The molecule has 2 N–H and O–H groups in total. The van der Waals surface area contributed by atoms with Crippen LogP contribution in [0.15, 0.2) is 30.7 Å². The van der Waals surface area contributed by atoms with Crippen LogP contribution in [-0.4, -0.2) is 21.5 Å². The fraction of sp³-hybridized carbons (Fsp3) is 0.385. The molecule has 0 spiro atoms. The van der Waals surface area contributed by atoms with Gasteiger partial charge in [-0.15, -0.1) is 0 Å². The molecule has 0 aliphatic carbocycles. The fourth-order valence-electron chi connectivity index (χ4n) is 1.68. The lowest BCUT2D eigenvalue weighted by molar-refractivity contribution is 0.561. The maximum atomic E-state index is 4.39. The molecule has 90 valence electrons. The first kappa shape index (κ1) is 11.8. The van der Waals surface area contributed by atoms with Gasteiger partial charge in [0.2, 0.25) is 0 Å². The molecule has 2 aromatic rings. The number of rotatable bonds is 5. The van der Waals surface area contributed by atoms with E-state index in [4.69, 9.17) is 0 Å². The lowest BCUT2D eigenvalue weighted by Gasteiger charge is -2.10. The highest BCUT2D eigenvalue weighted by Gasteiger charge is 2.08. The Morgan fingerprint density at radius 1 is 1.35 bits per heavy atom. The first-order chi connectivity index (χ1) is 8.31. The smallest absolute Gasteiger partial charge is 0.137 e. The maximum Gasteiger partial charge on any atom is 0.137 e. The predicted molar refractivity (Wildman–Crippen MR) is 68.5 cm³/mol. The number of H-pyrrole nitrogens is 1. The van der Waals surface area contributed by atoms with Crippen molar-refractivity contribution in [2.75, 3.05) is 6.54 Å². The number of imidazole rings is 1. The number of pyridine rings is 1. The second-order valence-electron chi connectivity index (χ2n) is 4.10. The second kappa shape index (κ2) is 5.59. The number of nitrogens with one attached hydrogen (secondary N) is 2. The Balaban J connectivity index is 2.11. The molecule has 17 heavy (non-hydrogen) atoms. The van der Waals surface area contributed by atoms with E-state index >= 15 is 0 Å². The van der Waals surface area contributed by atoms with Crippen LogP contribution in [0.2, 0.25) is 0 Å². The SMILES string of the molecule is CCCNC(C)c1cnc(-c2ccncc2)[nH]1. The summed E-state index contributed by atoms with van der Waals surface area (Å²) in [5, 5.41) is 3.43. The third-order valence-electron chi connectivity index (χ3n) is 2.72. The van der Waals surface area contributed by atoms with E-state index in [2.05, 4.69) is 34.1 Å². The predicted octanol–water partition coefficient (Wildman–Crippen LogP) is 2.53. The molecule has 0 aromatic carbocycles. The molecule has 2 aromatic heterocycles. The van der Waals surface area contributed by atoms with Gasteiger partial charge in [0, 0.05) is 24.0 Å². The number of aromatic amines is 1. The van der Waals surface area contributed by atoms with Gasteiger partial charge in [-0.3, -0.25) is 4.98 Å². The lowest BCUT2D eigenvalue weighted by atomic mass is 10.2. The Kier molecular flexibility index (Phi) is 3.88. The van der Waals surface area contributed by atoms with E-state index in [1.807, 2.05) is 18.3 Å². The normalized spacial score (nSPS) is 12.6. The Morgan fingerprint density at radius 2 is 2.12 bits per heavy atom. The third kappa shape index (κ3) is 2.91. The molecule has 0 saturated heterocycles. The van der Waals surface area contributed by atoms with Gasteiger partial charge in [0.15, 0.2) is 0 Å². The first-order valence-electron chi connectivity index (χ1n) is 6.00. The Bertz CT molecular complexity index is 449. The van der Waals surface area contributed by atoms with Gasteiger partial charge in [0.05, 0.1) is 11.9 Å². The molecule has 0 amide bonds. The lowest BCUT2D eigenvalue weighted by Crippen LogP contribution is -2.19. The van der Waals surface area contributed by atoms with Gasteiger partial charge in [-0.25, -0.2) is 4.98 Å². The zero-order valence-corrected chi connectivity index (χ0v) is 10.3. The van der Waals surface area contributed by atoms with Crippen molar-refractivity contribution in [1.29, 1.82) is 0 Å². The average molecular weight is 230 g/mol. The molecule has 0 fully saturated rings. The van der Waals surface area contributed by atoms with Crippen molar-refractivity contribution >= 4 is 0 Å². The molecule has 0 aliphatic rings. The summed E-state index contributed by atoms with van der Waals surface area (Å²) in [7, 11) is 0. The van der Waals surface area contributed by atoms with Crippen molar-refractivity contribution < 1.29 is 0 Å². The van der Waals surface area contributed by atoms with Crippen LogP contribution in [0, 0.1) is 0 Å². The molecule has 0 aliphatic heterocycles. The second-order valence-corrected chi connectivity index (χ2v) is 4.10. The molecule has 0 saturated carbocycles. The summed E-state index contributed by atoms with van der Waals surface area (Å²) in [6.07, 6.45) is 6.57. The van der Waals surface area contributed by atoms with Gasteiger partial charge in [-0.2, -0.15) is 0 Å². The molecule has 0 bridgehead atoms. The van der Waals surface area contributed by atoms with Gasteiger partial charge < -0.3 is 10.3 Å². The highest BCUT2D eigenvalue weighted by molar-refractivity contribution is 5.53. The van der Waals surface area contributed by atoms with E-state index < -0.39 is 0 Å². The van der Waals surface area contributed by atoms with Crippen LogP contribution in [-0.2, 0) is 0 Å². The molecular formula is C13H18N4. The van der Waals surface area contributed by atoms with Gasteiger partial charge in [-0.1, -0.05) is 6.92 Å². The standard InChI is InChI=1S/C13H18N4/c1-3-6-15-10(2)12-9-16-13(17-12)11-4-7-14-8-5-11/h4-5,7-10,15H,3,6H2,1-2H3,(H,16,17). The molecule has 0 radical (unpaired) electrons. The van der Waals surface area contributed by atoms with E-state index in [-0.39, 0.29) is 0 Å². The Labute approximate surface area is 102 Å². The molecule has 1 unspecified atom stereocenters. The topological polar surface area (TPSA) is 53.6 Å². The quantitative estimate of drug-likeness (QED) is 0.830. The van der Waals surface area contributed by atoms with E-state index in [0.717, 1.165) is 30.0 Å². The molecule has 2 heterocycles. The highest BCUT2D eigenvalue weighted by atomic mass is 15.0. The molecule has 4 nitrogen and oxygen atoms in total. The minimum absolute atomic E-state index is 0.304. The molecular weight excluding hydrogens is 212 g/mol. The molecule has 2 rings (SSSR count). The summed E-state index contributed by atoms with van der Waals surface area (Å²) in [4.78, 5) is 11.7. The summed E-state index contributed by atoms with van der Waals surface area (Å²) in [5.41, 5.74) is 2.18. The minimum atomic E-state index is 0.304. The third-order valence-corrected chi connectivity index (χ3v) is 2.72. The average Bonchev–Trinajstić information content (AvgIpc) is 2.86. The zero-order chi connectivity index (χ0) is 12.1. The van der Waals surface area contributed by atoms with Crippen LogP contribution in [0.1, 0.15) is 32.0 Å². The summed E-state index contributed by atoms with van der Waals surface area (Å²) in [6, 6.07) is 4.21. The van der Waals surface area contributed by atoms with E-state index in [1.54, 1.807) is 12.4 Å². The monoisotopic (exact) mass is 230 g/mol. The summed E-state index contributed by atoms with van der Waals surface area (Å²) in [6.45, 7) is 5.32. The number of nitrogens with zero attached hydrogens (tertiary/aromatic N) is 2. The van der Waals surface area contributed by atoms with E-state index in [9.17, 15) is 0 Å². The maximum absolute atomic E-state index is 4.39. The van der Waals surface area contributed by atoms with Crippen molar-refractivity contribution in [1.82, 2.24) is 20.3 Å². The van der Waals surface area contributed by atoms with Gasteiger partial charge in [0.25, 0.3) is 0 Å². The van der Waals surface area contributed by atoms with Crippen molar-refractivity contribution in [3.05, 3.63) is 36.4 Å². The Morgan fingerprint density at radius 3 is 2.82 bits per heavy atom. The van der Waals surface area contributed by atoms with Crippen LogP contribution < -0.4 is 5.32 Å². The van der Waals surface area contributed by atoms with Crippen molar-refractivity contribution in [2.24, 2.45) is 0 Å². The number of hydrogen-bond acceptors (Lipinski definition) is 3.